The minimum Gasteiger partial charge on any atom is -0.315 e. The molecule has 30 heavy (non-hydrogen) atoms. The minimum absolute atomic E-state index is 0.00207. The zero-order valence-corrected chi connectivity index (χ0v) is 16.8. The number of amides is 3. The lowest BCUT2D eigenvalue weighted by atomic mass is 10.0. The molecule has 2 aromatic rings. The Bertz CT molecular complexity index is 1110. The fourth-order valence-electron chi connectivity index (χ4n) is 3.42. The summed E-state index contributed by atoms with van der Waals surface area (Å²) in [5, 5.41) is 8.26. The van der Waals surface area contributed by atoms with E-state index in [9.17, 15) is 18.4 Å². The summed E-state index contributed by atoms with van der Waals surface area (Å²) < 4.78 is 27.3. The molecule has 0 N–H and O–H groups in total. The predicted octanol–water partition coefficient (Wildman–Crippen LogP) is 4.22. The molecule has 10 heteroatoms. The number of nitriles is 1. The van der Waals surface area contributed by atoms with Crippen molar-refractivity contribution in [3.05, 3.63) is 65.0 Å². The normalized spacial score (nSPS) is 20.8. The van der Waals surface area contributed by atoms with Crippen LogP contribution in [0.2, 0.25) is 5.02 Å². The van der Waals surface area contributed by atoms with Crippen molar-refractivity contribution < 1.29 is 18.4 Å². The molecule has 152 valence electrons. The van der Waals surface area contributed by atoms with Crippen LogP contribution in [0.25, 0.3) is 4.91 Å². The monoisotopic (exact) mass is 446 g/mol. The van der Waals surface area contributed by atoms with Crippen molar-refractivity contribution in [2.75, 3.05) is 11.4 Å². The van der Waals surface area contributed by atoms with Gasteiger partial charge in [-0.1, -0.05) is 11.6 Å². The second kappa shape index (κ2) is 8.05. The third-order valence-electron chi connectivity index (χ3n) is 4.79. The number of nitrogens with zero attached hydrogens (tertiary/aromatic N) is 4. The molecular weight excluding hydrogens is 434 g/mol. The first-order valence-corrected chi connectivity index (χ1v) is 10.1. The highest BCUT2D eigenvalue weighted by Gasteiger charge is 2.49. The minimum atomic E-state index is -1.07. The Hall–Kier alpha value is -2.96. The van der Waals surface area contributed by atoms with Gasteiger partial charge in [0, 0.05) is 23.2 Å². The van der Waals surface area contributed by atoms with Crippen LogP contribution in [0, 0.1) is 23.0 Å². The first kappa shape index (κ1) is 20.3. The summed E-state index contributed by atoms with van der Waals surface area (Å²) in [4.78, 5) is 33.2. The number of carbonyl (C=O) groups is 2. The van der Waals surface area contributed by atoms with Gasteiger partial charge < -0.3 is 4.90 Å². The molecule has 3 heterocycles. The van der Waals surface area contributed by atoms with Gasteiger partial charge in [0.15, 0.2) is 11.6 Å². The number of anilines is 1. The maximum Gasteiger partial charge on any atom is 0.332 e. The lowest BCUT2D eigenvalue weighted by Crippen LogP contribution is -2.62. The molecule has 4 rings (SSSR count). The van der Waals surface area contributed by atoms with Crippen molar-refractivity contribution in [1.82, 2.24) is 9.88 Å². The fraction of sp³-hybridized carbons (Fsp3) is 0.200. The second-order valence-electron chi connectivity index (χ2n) is 6.58. The molecule has 0 aliphatic carbocycles. The molecule has 2 aliphatic heterocycles. The number of halogens is 3. The summed E-state index contributed by atoms with van der Waals surface area (Å²) >= 11 is 7.22. The van der Waals surface area contributed by atoms with E-state index >= 15 is 0 Å². The zero-order chi connectivity index (χ0) is 21.4. The summed E-state index contributed by atoms with van der Waals surface area (Å²) in [6, 6.07) is 5.82. The van der Waals surface area contributed by atoms with Crippen LogP contribution in [-0.2, 0) is 4.79 Å². The molecule has 1 fully saturated rings. The van der Waals surface area contributed by atoms with E-state index in [0.717, 1.165) is 28.8 Å². The lowest BCUT2D eigenvalue weighted by molar-refractivity contribution is -0.119. The molecule has 2 aliphatic rings. The largest absolute Gasteiger partial charge is 0.332 e. The van der Waals surface area contributed by atoms with Gasteiger partial charge in [0.05, 0.1) is 35.4 Å². The zero-order valence-electron chi connectivity index (χ0n) is 15.3. The molecular formula is C20H13ClF2N4O2S. The van der Waals surface area contributed by atoms with Crippen LogP contribution in [-0.4, -0.2) is 39.7 Å². The Kier molecular flexibility index (Phi) is 5.45. The Morgan fingerprint density at radius 3 is 2.73 bits per heavy atom. The molecule has 1 aromatic heterocycles. The number of aromatic nitrogens is 1. The van der Waals surface area contributed by atoms with E-state index in [1.54, 1.807) is 18.2 Å². The average molecular weight is 447 g/mol. The van der Waals surface area contributed by atoms with Crippen LogP contribution >= 0.6 is 23.4 Å². The molecule has 3 amide bonds. The SMILES string of the molecule is N#CCCN1C(=O)N(c2cccnc2)C(=O)C2SC(c3cc(F)c(F)cc3Cl)=CC21. The van der Waals surface area contributed by atoms with E-state index < -0.39 is 34.9 Å². The standard InChI is InChI=1S/C20H13ClF2N4O2S/c21-13-8-15(23)14(22)7-12(13)17-9-16-18(30-17)19(28)27(11-3-1-5-25-10-11)20(29)26(16)6-2-4-24/h1,3,5,7-10,16,18H,2,6H2. The van der Waals surface area contributed by atoms with E-state index in [0.29, 0.717) is 10.6 Å². The Balaban J connectivity index is 1.75. The van der Waals surface area contributed by atoms with Crippen LogP contribution in [0.15, 0.2) is 42.7 Å². The Morgan fingerprint density at radius 2 is 2.03 bits per heavy atom. The third kappa shape index (κ3) is 3.42. The van der Waals surface area contributed by atoms with Crippen LogP contribution < -0.4 is 4.90 Å². The Labute approximate surface area is 179 Å². The maximum absolute atomic E-state index is 13.8. The van der Waals surface area contributed by atoms with Crippen molar-refractivity contribution in [2.24, 2.45) is 0 Å². The summed E-state index contributed by atoms with van der Waals surface area (Å²) in [7, 11) is 0. The summed E-state index contributed by atoms with van der Waals surface area (Å²) in [6.45, 7) is 0.108. The lowest BCUT2D eigenvalue weighted by Gasteiger charge is -2.40. The summed E-state index contributed by atoms with van der Waals surface area (Å²) in [6.07, 6.45) is 4.64. The average Bonchev–Trinajstić information content (AvgIpc) is 3.17. The smallest absolute Gasteiger partial charge is 0.315 e. The molecule has 2 unspecified atom stereocenters. The number of pyridine rings is 1. The van der Waals surface area contributed by atoms with Crippen LogP contribution in [0.3, 0.4) is 0 Å². The van der Waals surface area contributed by atoms with Crippen LogP contribution in [0.5, 0.6) is 0 Å². The molecule has 0 bridgehead atoms. The number of imide groups is 1. The van der Waals surface area contributed by atoms with E-state index in [2.05, 4.69) is 4.98 Å². The molecule has 6 nitrogen and oxygen atoms in total. The molecule has 1 saturated heterocycles. The van der Waals surface area contributed by atoms with Crippen molar-refractivity contribution in [2.45, 2.75) is 17.7 Å². The van der Waals surface area contributed by atoms with Gasteiger partial charge in [-0.25, -0.2) is 18.5 Å². The molecule has 0 spiro atoms. The quantitative estimate of drug-likeness (QED) is 0.657. The number of benzene rings is 1. The topological polar surface area (TPSA) is 77.3 Å². The number of carbonyl (C=O) groups excluding carboxylic acids is 2. The van der Waals surface area contributed by atoms with Gasteiger partial charge in [-0.05, 0) is 30.3 Å². The van der Waals surface area contributed by atoms with Crippen molar-refractivity contribution in [1.29, 1.82) is 5.26 Å². The van der Waals surface area contributed by atoms with E-state index in [4.69, 9.17) is 16.9 Å². The van der Waals surface area contributed by atoms with Gasteiger partial charge in [-0.2, -0.15) is 5.26 Å². The molecule has 0 radical (unpaired) electrons. The highest BCUT2D eigenvalue weighted by Crippen LogP contribution is 2.46. The number of thioether (sulfide) groups is 1. The first-order valence-electron chi connectivity index (χ1n) is 8.87. The number of urea groups is 1. The number of hydrogen-bond acceptors (Lipinski definition) is 5. The van der Waals surface area contributed by atoms with E-state index in [-0.39, 0.29) is 23.6 Å². The van der Waals surface area contributed by atoms with Crippen molar-refractivity contribution >= 4 is 45.9 Å². The van der Waals surface area contributed by atoms with Crippen molar-refractivity contribution in [3.63, 3.8) is 0 Å². The predicted molar refractivity (Wildman–Crippen MR) is 109 cm³/mol. The fourth-order valence-corrected chi connectivity index (χ4v) is 5.09. The van der Waals surface area contributed by atoms with Gasteiger partial charge >= 0.3 is 6.03 Å². The number of rotatable bonds is 4. The summed E-state index contributed by atoms with van der Waals surface area (Å²) in [5.41, 5.74) is 0.552. The second-order valence-corrected chi connectivity index (χ2v) is 8.17. The van der Waals surface area contributed by atoms with Gasteiger partial charge in [0.2, 0.25) is 0 Å². The molecule has 1 aromatic carbocycles. The van der Waals surface area contributed by atoms with Gasteiger partial charge in [0.25, 0.3) is 5.91 Å². The Morgan fingerprint density at radius 1 is 1.27 bits per heavy atom. The third-order valence-corrected chi connectivity index (χ3v) is 6.45. The van der Waals surface area contributed by atoms with Crippen molar-refractivity contribution in [3.8, 4) is 6.07 Å². The molecule has 2 atom stereocenters. The van der Waals surface area contributed by atoms with Gasteiger partial charge in [-0.15, -0.1) is 11.8 Å². The highest BCUT2D eigenvalue weighted by molar-refractivity contribution is 8.09. The summed E-state index contributed by atoms with van der Waals surface area (Å²) in [5.74, 6) is -2.60. The first-order chi connectivity index (χ1) is 14.4. The number of hydrogen-bond donors (Lipinski definition) is 0. The highest BCUT2D eigenvalue weighted by atomic mass is 35.5. The number of fused-ring (bicyclic) bond motifs is 1. The van der Waals surface area contributed by atoms with Crippen LogP contribution in [0.1, 0.15) is 12.0 Å². The maximum atomic E-state index is 13.8. The van der Waals surface area contributed by atoms with Crippen LogP contribution in [0.4, 0.5) is 19.3 Å². The van der Waals surface area contributed by atoms with E-state index in [1.165, 1.54) is 17.3 Å². The molecule has 0 saturated carbocycles. The van der Waals surface area contributed by atoms with Gasteiger partial charge in [-0.3, -0.25) is 9.78 Å². The van der Waals surface area contributed by atoms with E-state index in [1.807, 2.05) is 6.07 Å². The van der Waals surface area contributed by atoms with Gasteiger partial charge in [0.1, 0.15) is 5.25 Å².